The molecule has 1 aromatic heterocycles. The molecule has 0 aliphatic rings. The average molecular weight is 210 g/mol. The molecule has 0 aromatic carbocycles. The zero-order chi connectivity index (χ0) is 11.4. The second-order valence-electron chi connectivity index (χ2n) is 3.91. The number of nitrogens with zero attached hydrogens (tertiary/aromatic N) is 1. The van der Waals surface area contributed by atoms with Crippen molar-refractivity contribution in [2.75, 3.05) is 0 Å². The standard InChI is InChI=1S/C11H18N2O2/c1-4-9(5-2)7-13-6-8(3)10(14)12-11(13)15/h6,9H,4-5,7H2,1-3H3,(H,12,14,15). The fourth-order valence-corrected chi connectivity index (χ4v) is 1.58. The summed E-state index contributed by atoms with van der Waals surface area (Å²) in [5.74, 6) is 0.494. The molecule has 1 heterocycles. The zero-order valence-electron chi connectivity index (χ0n) is 9.54. The van der Waals surface area contributed by atoms with Gasteiger partial charge in [0.25, 0.3) is 5.56 Å². The predicted octanol–water partition coefficient (Wildman–Crippen LogP) is 1.28. The average Bonchev–Trinajstić information content (AvgIpc) is 2.21. The van der Waals surface area contributed by atoms with Crippen molar-refractivity contribution in [1.82, 2.24) is 9.55 Å². The first-order valence-electron chi connectivity index (χ1n) is 5.38. The number of aromatic nitrogens is 2. The summed E-state index contributed by atoms with van der Waals surface area (Å²) in [4.78, 5) is 24.9. The number of rotatable bonds is 4. The highest BCUT2D eigenvalue weighted by molar-refractivity contribution is 5.00. The van der Waals surface area contributed by atoms with Crippen LogP contribution in [-0.4, -0.2) is 9.55 Å². The van der Waals surface area contributed by atoms with Gasteiger partial charge in [-0.15, -0.1) is 0 Å². The maximum atomic E-state index is 11.5. The minimum atomic E-state index is -0.308. The highest BCUT2D eigenvalue weighted by Crippen LogP contribution is 2.08. The lowest BCUT2D eigenvalue weighted by Crippen LogP contribution is -2.32. The minimum Gasteiger partial charge on any atom is -0.300 e. The summed E-state index contributed by atoms with van der Waals surface area (Å²) < 4.78 is 1.59. The van der Waals surface area contributed by atoms with E-state index in [-0.39, 0.29) is 11.2 Å². The SMILES string of the molecule is CCC(CC)Cn1cc(C)c(=O)[nH]c1=O. The molecule has 15 heavy (non-hydrogen) atoms. The molecule has 0 radical (unpaired) electrons. The summed E-state index contributed by atoms with van der Waals surface area (Å²) in [6, 6.07) is 0. The second-order valence-corrected chi connectivity index (χ2v) is 3.91. The molecule has 0 aliphatic heterocycles. The van der Waals surface area contributed by atoms with Crippen molar-refractivity contribution in [3.05, 3.63) is 32.6 Å². The van der Waals surface area contributed by atoms with Crippen LogP contribution >= 0.6 is 0 Å². The van der Waals surface area contributed by atoms with Crippen LogP contribution in [0.15, 0.2) is 15.8 Å². The van der Waals surface area contributed by atoms with Gasteiger partial charge in [-0.05, 0) is 12.8 Å². The Hall–Kier alpha value is -1.32. The Morgan fingerprint density at radius 1 is 1.33 bits per heavy atom. The molecule has 0 aliphatic carbocycles. The molecule has 0 fully saturated rings. The summed E-state index contributed by atoms with van der Waals surface area (Å²) in [7, 11) is 0. The number of nitrogens with one attached hydrogen (secondary N) is 1. The smallest absolute Gasteiger partial charge is 0.300 e. The summed E-state index contributed by atoms with van der Waals surface area (Å²) in [5.41, 5.74) is -0.0150. The van der Waals surface area contributed by atoms with Crippen molar-refractivity contribution in [3.8, 4) is 0 Å². The van der Waals surface area contributed by atoms with E-state index < -0.39 is 0 Å². The van der Waals surface area contributed by atoms with Crippen LogP contribution in [0.5, 0.6) is 0 Å². The zero-order valence-corrected chi connectivity index (χ0v) is 9.54. The number of H-pyrrole nitrogens is 1. The Bertz CT molecular complexity index is 427. The molecule has 0 saturated carbocycles. The number of aryl methyl sites for hydroxylation is 1. The van der Waals surface area contributed by atoms with Crippen LogP contribution in [0.3, 0.4) is 0 Å². The molecule has 4 heteroatoms. The Kier molecular flexibility index (Phi) is 3.88. The first kappa shape index (κ1) is 11.8. The molecular formula is C11H18N2O2. The molecule has 0 unspecified atom stereocenters. The molecule has 0 spiro atoms. The lowest BCUT2D eigenvalue weighted by atomic mass is 10.0. The van der Waals surface area contributed by atoms with Crippen molar-refractivity contribution < 1.29 is 0 Å². The Labute approximate surface area is 89.0 Å². The lowest BCUT2D eigenvalue weighted by molar-refractivity contribution is 0.407. The van der Waals surface area contributed by atoms with Crippen molar-refractivity contribution in [2.24, 2.45) is 5.92 Å². The highest BCUT2D eigenvalue weighted by Gasteiger charge is 2.07. The van der Waals surface area contributed by atoms with Crippen molar-refractivity contribution in [2.45, 2.75) is 40.2 Å². The van der Waals surface area contributed by atoms with Gasteiger partial charge in [-0.3, -0.25) is 9.78 Å². The van der Waals surface area contributed by atoms with E-state index in [4.69, 9.17) is 0 Å². The van der Waals surface area contributed by atoms with Gasteiger partial charge < -0.3 is 4.57 Å². The van der Waals surface area contributed by atoms with Crippen LogP contribution in [0.2, 0.25) is 0 Å². The van der Waals surface area contributed by atoms with Crippen LogP contribution in [0, 0.1) is 12.8 Å². The summed E-state index contributed by atoms with van der Waals surface area (Å²) in [6.45, 7) is 6.61. The van der Waals surface area contributed by atoms with Crippen LogP contribution in [0.1, 0.15) is 32.3 Å². The molecule has 0 saturated heterocycles. The molecule has 4 nitrogen and oxygen atoms in total. The van der Waals surface area contributed by atoms with E-state index in [0.29, 0.717) is 18.0 Å². The highest BCUT2D eigenvalue weighted by atomic mass is 16.2. The Morgan fingerprint density at radius 3 is 2.47 bits per heavy atom. The predicted molar refractivity (Wildman–Crippen MR) is 60.1 cm³/mol. The Balaban J connectivity index is 3.00. The van der Waals surface area contributed by atoms with Crippen LogP contribution < -0.4 is 11.2 Å². The fraction of sp³-hybridized carbons (Fsp3) is 0.636. The summed E-state index contributed by atoms with van der Waals surface area (Å²) in [6.07, 6.45) is 3.72. The van der Waals surface area contributed by atoms with E-state index in [1.54, 1.807) is 17.7 Å². The van der Waals surface area contributed by atoms with Gasteiger partial charge in [0.1, 0.15) is 0 Å². The third-order valence-electron chi connectivity index (χ3n) is 2.80. The number of hydrogen-bond donors (Lipinski definition) is 1. The van der Waals surface area contributed by atoms with E-state index >= 15 is 0 Å². The van der Waals surface area contributed by atoms with Gasteiger partial charge in [0.15, 0.2) is 0 Å². The van der Waals surface area contributed by atoms with Crippen molar-refractivity contribution in [3.63, 3.8) is 0 Å². The monoisotopic (exact) mass is 210 g/mol. The van der Waals surface area contributed by atoms with E-state index in [0.717, 1.165) is 12.8 Å². The van der Waals surface area contributed by atoms with Gasteiger partial charge in [-0.1, -0.05) is 26.7 Å². The van der Waals surface area contributed by atoms with Gasteiger partial charge in [-0.25, -0.2) is 4.79 Å². The van der Waals surface area contributed by atoms with E-state index in [9.17, 15) is 9.59 Å². The van der Waals surface area contributed by atoms with Gasteiger partial charge in [0.2, 0.25) is 0 Å². The molecule has 1 rings (SSSR count). The molecule has 1 N–H and O–H groups in total. The maximum absolute atomic E-state index is 11.5. The quantitative estimate of drug-likeness (QED) is 0.814. The molecule has 84 valence electrons. The molecule has 0 atom stereocenters. The van der Waals surface area contributed by atoms with Crippen LogP contribution in [0.25, 0.3) is 0 Å². The first-order valence-corrected chi connectivity index (χ1v) is 5.38. The maximum Gasteiger partial charge on any atom is 0.328 e. The minimum absolute atomic E-state index is 0.291. The number of aromatic amines is 1. The van der Waals surface area contributed by atoms with Gasteiger partial charge >= 0.3 is 5.69 Å². The topological polar surface area (TPSA) is 54.9 Å². The van der Waals surface area contributed by atoms with Crippen LogP contribution in [-0.2, 0) is 6.54 Å². The molecule has 0 bridgehead atoms. The first-order chi connectivity index (χ1) is 7.08. The Morgan fingerprint density at radius 2 is 1.93 bits per heavy atom. The summed E-state index contributed by atoms with van der Waals surface area (Å²) in [5, 5.41) is 0. The third kappa shape index (κ3) is 2.81. The van der Waals surface area contributed by atoms with E-state index in [1.807, 2.05) is 0 Å². The third-order valence-corrected chi connectivity index (χ3v) is 2.80. The normalized spacial score (nSPS) is 10.9. The lowest BCUT2D eigenvalue weighted by Gasteiger charge is -2.13. The van der Waals surface area contributed by atoms with Crippen LogP contribution in [0.4, 0.5) is 0 Å². The van der Waals surface area contributed by atoms with Gasteiger partial charge in [0, 0.05) is 18.3 Å². The van der Waals surface area contributed by atoms with Gasteiger partial charge in [-0.2, -0.15) is 0 Å². The molecule has 0 amide bonds. The van der Waals surface area contributed by atoms with E-state index in [2.05, 4.69) is 18.8 Å². The van der Waals surface area contributed by atoms with Gasteiger partial charge in [0.05, 0.1) is 0 Å². The van der Waals surface area contributed by atoms with E-state index in [1.165, 1.54) is 0 Å². The fourth-order valence-electron chi connectivity index (χ4n) is 1.58. The summed E-state index contributed by atoms with van der Waals surface area (Å²) >= 11 is 0. The molecular weight excluding hydrogens is 192 g/mol. The van der Waals surface area contributed by atoms with Crippen molar-refractivity contribution in [1.29, 1.82) is 0 Å². The second kappa shape index (κ2) is 4.96. The largest absolute Gasteiger partial charge is 0.328 e. The van der Waals surface area contributed by atoms with Crippen molar-refractivity contribution >= 4 is 0 Å². The molecule has 1 aromatic rings. The number of hydrogen-bond acceptors (Lipinski definition) is 2.